The van der Waals surface area contributed by atoms with E-state index in [0.717, 1.165) is 31.2 Å². The van der Waals surface area contributed by atoms with E-state index >= 15 is 0 Å². The molecular formula is C24H28FNO4. The second kappa shape index (κ2) is 8.26. The Labute approximate surface area is 176 Å². The molecular weight excluding hydrogens is 385 g/mol. The monoisotopic (exact) mass is 413 g/mol. The Morgan fingerprint density at radius 2 is 1.87 bits per heavy atom. The minimum atomic E-state index is -0.798. The first-order valence-corrected chi connectivity index (χ1v) is 10.5. The van der Waals surface area contributed by atoms with Gasteiger partial charge in [-0.3, -0.25) is 4.79 Å². The van der Waals surface area contributed by atoms with Gasteiger partial charge in [0.2, 0.25) is 0 Å². The van der Waals surface area contributed by atoms with Crippen molar-refractivity contribution in [3.05, 3.63) is 59.4 Å². The molecule has 2 aromatic carbocycles. The van der Waals surface area contributed by atoms with Gasteiger partial charge in [0.1, 0.15) is 17.3 Å². The quantitative estimate of drug-likeness (QED) is 0.810. The van der Waals surface area contributed by atoms with Crippen molar-refractivity contribution in [1.29, 1.82) is 0 Å². The lowest BCUT2D eigenvalue weighted by atomic mass is 9.66. The number of aliphatic hydroxyl groups is 1. The number of hydrogen-bond donors (Lipinski definition) is 1. The van der Waals surface area contributed by atoms with E-state index in [1.807, 2.05) is 23.1 Å². The molecule has 0 radical (unpaired) electrons. The smallest absolute Gasteiger partial charge is 0.254 e. The van der Waals surface area contributed by atoms with Gasteiger partial charge in [-0.1, -0.05) is 12.8 Å². The molecule has 4 rings (SSSR count). The molecule has 1 amide bonds. The molecule has 1 aliphatic heterocycles. The van der Waals surface area contributed by atoms with Crippen molar-refractivity contribution in [2.24, 2.45) is 5.92 Å². The molecule has 0 aromatic heterocycles. The fourth-order valence-corrected chi connectivity index (χ4v) is 5.12. The van der Waals surface area contributed by atoms with Crippen LogP contribution in [-0.2, 0) is 0 Å². The van der Waals surface area contributed by atoms with Gasteiger partial charge in [-0.15, -0.1) is 0 Å². The zero-order chi connectivity index (χ0) is 21.3. The minimum Gasteiger partial charge on any atom is -0.497 e. The molecule has 1 aliphatic carbocycles. The molecule has 2 aliphatic rings. The maximum Gasteiger partial charge on any atom is 0.254 e. The highest BCUT2D eigenvalue weighted by molar-refractivity contribution is 5.94. The first-order valence-electron chi connectivity index (χ1n) is 10.5. The van der Waals surface area contributed by atoms with E-state index in [9.17, 15) is 14.3 Å². The number of halogens is 1. The van der Waals surface area contributed by atoms with Crippen LogP contribution >= 0.6 is 0 Å². The number of nitrogens with zero attached hydrogens (tertiary/aromatic N) is 1. The topological polar surface area (TPSA) is 59.0 Å². The third-order valence-corrected chi connectivity index (χ3v) is 6.68. The summed E-state index contributed by atoms with van der Waals surface area (Å²) in [6.07, 6.45) is 4.13. The predicted octanol–water partition coefficient (Wildman–Crippen LogP) is 4.35. The lowest BCUT2D eigenvalue weighted by Crippen LogP contribution is -2.56. The Morgan fingerprint density at radius 1 is 1.10 bits per heavy atom. The van der Waals surface area contributed by atoms with E-state index in [2.05, 4.69) is 0 Å². The van der Waals surface area contributed by atoms with Crippen LogP contribution in [0.3, 0.4) is 0 Å². The molecule has 1 saturated carbocycles. The lowest BCUT2D eigenvalue weighted by molar-refractivity contribution is -0.115. The van der Waals surface area contributed by atoms with Crippen LogP contribution in [0.1, 0.15) is 54.1 Å². The number of piperidine rings is 1. The molecule has 1 N–H and O–H groups in total. The van der Waals surface area contributed by atoms with Crippen LogP contribution < -0.4 is 9.47 Å². The normalized spacial score (nSPS) is 26.1. The molecule has 5 nitrogen and oxygen atoms in total. The van der Waals surface area contributed by atoms with Crippen LogP contribution in [0.2, 0.25) is 0 Å². The van der Waals surface area contributed by atoms with Crippen molar-refractivity contribution >= 4 is 5.91 Å². The SMILES string of the molecule is COc1ccc([C@H]2[C@H]3CCCC[C@@]3(O)CCN2C(=O)c2ccc(F)cc2)c(OC)c1. The number of likely N-dealkylation sites (tertiary alicyclic amines) is 1. The Balaban J connectivity index is 1.79. The van der Waals surface area contributed by atoms with Crippen LogP contribution in [0.4, 0.5) is 4.39 Å². The third-order valence-electron chi connectivity index (χ3n) is 6.68. The molecule has 6 heteroatoms. The van der Waals surface area contributed by atoms with E-state index in [4.69, 9.17) is 9.47 Å². The molecule has 30 heavy (non-hydrogen) atoms. The number of methoxy groups -OCH3 is 2. The number of fused-ring (bicyclic) bond motifs is 1. The van der Waals surface area contributed by atoms with Gasteiger partial charge in [0.05, 0.1) is 25.9 Å². The van der Waals surface area contributed by atoms with E-state index in [1.54, 1.807) is 14.2 Å². The summed E-state index contributed by atoms with van der Waals surface area (Å²) < 4.78 is 24.4. The minimum absolute atomic E-state index is 0.0910. The van der Waals surface area contributed by atoms with Gasteiger partial charge in [0, 0.05) is 29.7 Å². The molecule has 1 saturated heterocycles. The fraction of sp³-hybridized carbons (Fsp3) is 0.458. The van der Waals surface area contributed by atoms with Gasteiger partial charge in [0.25, 0.3) is 5.91 Å². The van der Waals surface area contributed by atoms with Gasteiger partial charge in [-0.25, -0.2) is 4.39 Å². The van der Waals surface area contributed by atoms with Crippen LogP contribution in [0.5, 0.6) is 11.5 Å². The standard InChI is InChI=1S/C24H28FNO4/c1-29-18-10-11-19(21(15-18)30-2)22-20-5-3-4-12-24(20,28)13-14-26(22)23(27)16-6-8-17(25)9-7-16/h6-11,15,20,22,28H,3-5,12-14H2,1-2H3/t20-,22+,24-/m1/s1. The highest BCUT2D eigenvalue weighted by Crippen LogP contribution is 2.51. The summed E-state index contributed by atoms with van der Waals surface area (Å²) >= 11 is 0. The van der Waals surface area contributed by atoms with Gasteiger partial charge in [-0.05, 0) is 55.7 Å². The number of ether oxygens (including phenoxy) is 2. The van der Waals surface area contributed by atoms with Gasteiger partial charge >= 0.3 is 0 Å². The summed E-state index contributed by atoms with van der Waals surface area (Å²) in [6.45, 7) is 0.434. The molecule has 1 heterocycles. The Kier molecular flexibility index (Phi) is 5.69. The van der Waals surface area contributed by atoms with Crippen molar-refractivity contribution in [2.45, 2.75) is 43.7 Å². The summed E-state index contributed by atoms with van der Waals surface area (Å²) in [6, 6.07) is 10.9. The third kappa shape index (κ3) is 3.65. The van der Waals surface area contributed by atoms with E-state index in [0.29, 0.717) is 30.0 Å². The number of carbonyl (C=O) groups excluding carboxylic acids is 1. The zero-order valence-corrected chi connectivity index (χ0v) is 17.4. The molecule has 0 unspecified atom stereocenters. The highest BCUT2D eigenvalue weighted by atomic mass is 19.1. The first kappa shape index (κ1) is 20.7. The number of carbonyl (C=O) groups is 1. The number of rotatable bonds is 4. The van der Waals surface area contributed by atoms with Crippen LogP contribution in [-0.4, -0.2) is 42.3 Å². The largest absolute Gasteiger partial charge is 0.497 e. The Morgan fingerprint density at radius 3 is 2.57 bits per heavy atom. The summed E-state index contributed by atoms with van der Waals surface area (Å²) in [4.78, 5) is 15.3. The van der Waals surface area contributed by atoms with E-state index in [-0.39, 0.29) is 23.7 Å². The van der Waals surface area contributed by atoms with Crippen molar-refractivity contribution < 1.29 is 23.8 Å². The van der Waals surface area contributed by atoms with Crippen molar-refractivity contribution in [2.75, 3.05) is 20.8 Å². The van der Waals surface area contributed by atoms with E-state index < -0.39 is 5.60 Å². The van der Waals surface area contributed by atoms with Crippen molar-refractivity contribution in [3.8, 4) is 11.5 Å². The summed E-state index contributed by atoms with van der Waals surface area (Å²) in [5, 5.41) is 11.4. The Bertz CT molecular complexity index is 916. The summed E-state index contributed by atoms with van der Waals surface area (Å²) in [7, 11) is 3.19. The summed E-state index contributed by atoms with van der Waals surface area (Å²) in [5.41, 5.74) is 0.502. The predicted molar refractivity (Wildman–Crippen MR) is 111 cm³/mol. The average Bonchev–Trinajstić information content (AvgIpc) is 2.77. The maximum atomic E-state index is 13.5. The van der Waals surface area contributed by atoms with Crippen LogP contribution in [0.25, 0.3) is 0 Å². The van der Waals surface area contributed by atoms with Crippen LogP contribution in [0, 0.1) is 11.7 Å². The molecule has 2 fully saturated rings. The number of amides is 1. The zero-order valence-electron chi connectivity index (χ0n) is 17.4. The molecule has 2 aromatic rings. The molecule has 160 valence electrons. The molecule has 0 bridgehead atoms. The Hall–Kier alpha value is -2.60. The van der Waals surface area contributed by atoms with Gasteiger partial charge < -0.3 is 19.5 Å². The van der Waals surface area contributed by atoms with Crippen molar-refractivity contribution in [3.63, 3.8) is 0 Å². The van der Waals surface area contributed by atoms with Crippen LogP contribution in [0.15, 0.2) is 42.5 Å². The lowest BCUT2D eigenvalue weighted by Gasteiger charge is -2.52. The summed E-state index contributed by atoms with van der Waals surface area (Å²) in [5.74, 6) is 0.671. The van der Waals surface area contributed by atoms with Gasteiger partial charge in [0.15, 0.2) is 0 Å². The van der Waals surface area contributed by atoms with Crippen molar-refractivity contribution in [1.82, 2.24) is 4.90 Å². The van der Waals surface area contributed by atoms with Gasteiger partial charge in [-0.2, -0.15) is 0 Å². The second-order valence-corrected chi connectivity index (χ2v) is 8.26. The van der Waals surface area contributed by atoms with E-state index in [1.165, 1.54) is 24.3 Å². The fourth-order valence-electron chi connectivity index (χ4n) is 5.12. The second-order valence-electron chi connectivity index (χ2n) is 8.26. The molecule has 3 atom stereocenters. The highest BCUT2D eigenvalue weighted by Gasteiger charge is 2.50. The number of benzene rings is 2. The molecule has 0 spiro atoms. The maximum absolute atomic E-state index is 13.5. The number of hydrogen-bond acceptors (Lipinski definition) is 4. The first-order chi connectivity index (χ1) is 14.5. The average molecular weight is 413 g/mol.